The maximum Gasteiger partial charge on any atom is 0.410 e. The Morgan fingerprint density at radius 1 is 0.975 bits per heavy atom. The van der Waals surface area contributed by atoms with Gasteiger partial charge in [0.25, 0.3) is 0 Å². The molecule has 1 aromatic carbocycles. The van der Waals surface area contributed by atoms with Crippen LogP contribution in [-0.2, 0) is 4.74 Å². The van der Waals surface area contributed by atoms with Crippen molar-refractivity contribution >= 4 is 29.5 Å². The fourth-order valence-corrected chi connectivity index (χ4v) is 4.98. The predicted molar refractivity (Wildman–Crippen MR) is 154 cm³/mol. The third-order valence-corrected chi connectivity index (χ3v) is 7.00. The summed E-state index contributed by atoms with van der Waals surface area (Å²) in [5.41, 5.74) is -0.510. The molecule has 0 radical (unpaired) electrons. The topological polar surface area (TPSA) is 102 Å². The first kappa shape index (κ1) is 27.4. The molecule has 206 valence electrons. The summed E-state index contributed by atoms with van der Waals surface area (Å²) in [6.45, 7) is 6.84. The van der Waals surface area contributed by atoms with Crippen LogP contribution in [0.3, 0.4) is 0 Å². The summed E-state index contributed by atoms with van der Waals surface area (Å²) in [5, 5.41) is 4.19. The Morgan fingerprint density at radius 2 is 1.75 bits per heavy atom. The number of para-hydroxylation sites is 1. The molecule has 0 bridgehead atoms. The minimum atomic E-state index is -0.510. The number of rotatable bonds is 7. The van der Waals surface area contributed by atoms with Crippen molar-refractivity contribution in [3.63, 3.8) is 0 Å². The average Bonchev–Trinajstić information content (AvgIpc) is 2.95. The second kappa shape index (κ2) is 12.3. The molecule has 1 saturated heterocycles. The molecule has 4 aromatic rings. The maximum atomic E-state index is 12.4. The van der Waals surface area contributed by atoms with Crippen LogP contribution in [0, 0.1) is 0 Å². The first-order valence-electron chi connectivity index (χ1n) is 13.2. The number of piperidine rings is 1. The molecule has 0 spiro atoms. The van der Waals surface area contributed by atoms with Gasteiger partial charge in [-0.1, -0.05) is 36.0 Å². The molecule has 0 saturated carbocycles. The highest BCUT2D eigenvalue weighted by Crippen LogP contribution is 2.35. The second-order valence-electron chi connectivity index (χ2n) is 10.4. The average molecular weight is 557 g/mol. The van der Waals surface area contributed by atoms with Gasteiger partial charge in [-0.15, -0.1) is 0 Å². The molecule has 5 rings (SSSR count). The second-order valence-corrected chi connectivity index (χ2v) is 11.5. The molecule has 10 heteroatoms. The van der Waals surface area contributed by atoms with Crippen molar-refractivity contribution in [1.29, 1.82) is 0 Å². The first-order chi connectivity index (χ1) is 19.3. The van der Waals surface area contributed by atoms with Crippen LogP contribution >= 0.6 is 11.8 Å². The summed E-state index contributed by atoms with van der Waals surface area (Å²) >= 11 is 1.51. The van der Waals surface area contributed by atoms with Crippen LogP contribution in [-0.4, -0.2) is 49.6 Å². The van der Waals surface area contributed by atoms with Gasteiger partial charge in [0.15, 0.2) is 11.6 Å². The summed E-state index contributed by atoms with van der Waals surface area (Å²) in [6.07, 6.45) is 6.55. The Morgan fingerprint density at radius 3 is 2.48 bits per heavy atom. The van der Waals surface area contributed by atoms with E-state index in [4.69, 9.17) is 14.5 Å². The van der Waals surface area contributed by atoms with Gasteiger partial charge in [0, 0.05) is 48.6 Å². The quantitative estimate of drug-likeness (QED) is 0.256. The van der Waals surface area contributed by atoms with E-state index in [1.54, 1.807) is 23.5 Å². The molecule has 1 N–H and O–H groups in total. The Bertz CT molecular complexity index is 1420. The minimum absolute atomic E-state index is 0.144. The number of carbonyl (C=O) groups excluding carboxylic acids is 1. The Balaban J connectivity index is 1.31. The molecule has 0 unspecified atom stereocenters. The number of hydrogen-bond acceptors (Lipinski definition) is 9. The van der Waals surface area contributed by atoms with Crippen LogP contribution in [0.15, 0.2) is 89.2 Å². The van der Waals surface area contributed by atoms with Crippen molar-refractivity contribution in [3.05, 3.63) is 85.1 Å². The number of aromatic nitrogens is 4. The zero-order valence-corrected chi connectivity index (χ0v) is 23.6. The van der Waals surface area contributed by atoms with Gasteiger partial charge in [0.2, 0.25) is 0 Å². The molecule has 3 aromatic heterocycles. The molecule has 1 aliphatic heterocycles. The van der Waals surface area contributed by atoms with Gasteiger partial charge in [-0.3, -0.25) is 0 Å². The van der Waals surface area contributed by atoms with Crippen molar-refractivity contribution in [3.8, 4) is 11.5 Å². The summed E-state index contributed by atoms with van der Waals surface area (Å²) in [4.78, 5) is 33.5. The molecule has 1 fully saturated rings. The molecule has 9 nitrogen and oxygen atoms in total. The van der Waals surface area contributed by atoms with E-state index in [0.29, 0.717) is 36.2 Å². The summed E-state index contributed by atoms with van der Waals surface area (Å²) in [5.74, 6) is 3.31. The number of amides is 1. The number of likely N-dealkylation sites (tertiary alicyclic amines) is 1. The van der Waals surface area contributed by atoms with E-state index in [-0.39, 0.29) is 12.0 Å². The predicted octanol–water partition coefficient (Wildman–Crippen LogP) is 7.07. The van der Waals surface area contributed by atoms with Crippen LogP contribution < -0.4 is 10.1 Å². The smallest absolute Gasteiger partial charge is 0.410 e. The summed E-state index contributed by atoms with van der Waals surface area (Å²) in [6, 6.07) is 19.1. The molecule has 1 aliphatic rings. The number of nitrogens with one attached hydrogen (secondary N) is 1. The molecule has 1 amide bonds. The minimum Gasteiger partial charge on any atom is -0.453 e. The van der Waals surface area contributed by atoms with Gasteiger partial charge in [0.05, 0.1) is 0 Å². The number of carbonyl (C=O) groups is 1. The Labute approximate surface area is 238 Å². The van der Waals surface area contributed by atoms with Gasteiger partial charge in [-0.2, -0.15) is 0 Å². The van der Waals surface area contributed by atoms with Crippen LogP contribution in [0.5, 0.6) is 11.5 Å². The molecular formula is C30H32N6O3S. The van der Waals surface area contributed by atoms with Gasteiger partial charge in [-0.25, -0.2) is 24.7 Å². The normalized spacial score (nSPS) is 14.0. The fraction of sp³-hybridized carbons (Fsp3) is 0.300. The lowest BCUT2D eigenvalue weighted by Gasteiger charge is -2.32. The van der Waals surface area contributed by atoms with E-state index in [9.17, 15) is 4.79 Å². The number of pyridine rings is 2. The summed E-state index contributed by atoms with van der Waals surface area (Å²) < 4.78 is 11.7. The SMILES string of the molecule is CC(C)(C)OC(=O)N1CCC(c2nccc(Nc3ncc(Sc4ccccn4)cc3Oc3ccccc3)n2)CC1. The molecule has 0 atom stereocenters. The van der Waals surface area contributed by atoms with E-state index in [1.807, 2.05) is 81.4 Å². The Kier molecular flexibility index (Phi) is 8.45. The van der Waals surface area contributed by atoms with E-state index in [2.05, 4.69) is 20.3 Å². The number of anilines is 2. The monoisotopic (exact) mass is 556 g/mol. The third kappa shape index (κ3) is 7.47. The van der Waals surface area contributed by atoms with Gasteiger partial charge in [0.1, 0.15) is 28.0 Å². The van der Waals surface area contributed by atoms with Crippen LogP contribution in [0.2, 0.25) is 0 Å². The zero-order chi connectivity index (χ0) is 28.0. The van der Waals surface area contributed by atoms with E-state index in [0.717, 1.165) is 28.6 Å². The lowest BCUT2D eigenvalue weighted by atomic mass is 9.96. The van der Waals surface area contributed by atoms with Crippen molar-refractivity contribution in [2.45, 2.75) is 55.1 Å². The fourth-order valence-electron chi connectivity index (χ4n) is 4.21. The van der Waals surface area contributed by atoms with Crippen molar-refractivity contribution in [2.75, 3.05) is 18.4 Å². The van der Waals surface area contributed by atoms with Crippen LogP contribution in [0.25, 0.3) is 0 Å². The van der Waals surface area contributed by atoms with Crippen molar-refractivity contribution in [2.24, 2.45) is 0 Å². The Hall–Kier alpha value is -4.18. The molecule has 4 heterocycles. The number of benzene rings is 1. The third-order valence-electron chi connectivity index (χ3n) is 6.09. The van der Waals surface area contributed by atoms with Gasteiger partial charge in [-0.05, 0) is 63.9 Å². The number of ether oxygens (including phenoxy) is 2. The lowest BCUT2D eigenvalue weighted by molar-refractivity contribution is 0.0203. The molecule has 40 heavy (non-hydrogen) atoms. The van der Waals surface area contributed by atoms with Crippen molar-refractivity contribution in [1.82, 2.24) is 24.8 Å². The van der Waals surface area contributed by atoms with E-state index in [1.165, 1.54) is 11.8 Å². The molecular weight excluding hydrogens is 524 g/mol. The van der Waals surface area contributed by atoms with E-state index >= 15 is 0 Å². The number of hydrogen-bond donors (Lipinski definition) is 1. The van der Waals surface area contributed by atoms with Gasteiger partial charge < -0.3 is 19.7 Å². The maximum absolute atomic E-state index is 12.4. The van der Waals surface area contributed by atoms with E-state index < -0.39 is 5.60 Å². The summed E-state index contributed by atoms with van der Waals surface area (Å²) in [7, 11) is 0. The lowest BCUT2D eigenvalue weighted by Crippen LogP contribution is -2.41. The number of nitrogens with zero attached hydrogens (tertiary/aromatic N) is 5. The largest absolute Gasteiger partial charge is 0.453 e. The van der Waals surface area contributed by atoms with Crippen LogP contribution in [0.4, 0.5) is 16.4 Å². The first-order valence-corrected chi connectivity index (χ1v) is 14.0. The van der Waals surface area contributed by atoms with Crippen LogP contribution in [0.1, 0.15) is 45.4 Å². The zero-order valence-electron chi connectivity index (χ0n) is 22.8. The highest BCUT2D eigenvalue weighted by Gasteiger charge is 2.28. The molecule has 0 aliphatic carbocycles. The van der Waals surface area contributed by atoms with Crippen molar-refractivity contribution < 1.29 is 14.3 Å². The van der Waals surface area contributed by atoms with Gasteiger partial charge >= 0.3 is 6.09 Å². The highest BCUT2D eigenvalue weighted by molar-refractivity contribution is 7.99. The highest BCUT2D eigenvalue weighted by atomic mass is 32.2. The standard InChI is InChI=1S/C30H32N6O3S/c1-30(2,3)39-29(37)36-17-13-21(14-18-36)27-32-16-12-25(34-27)35-28-24(38-22-9-5-4-6-10-22)19-23(20-33-28)40-26-11-7-8-15-31-26/h4-12,15-16,19-21H,13-14,17-18H2,1-3H3,(H,32,33,34,35).